The van der Waals surface area contributed by atoms with Gasteiger partial charge in [0.1, 0.15) is 0 Å². The van der Waals surface area contributed by atoms with Crippen molar-refractivity contribution in [2.45, 2.75) is 45.6 Å². The summed E-state index contributed by atoms with van der Waals surface area (Å²) in [6, 6.07) is 0. The molecule has 0 bridgehead atoms. The highest BCUT2D eigenvalue weighted by molar-refractivity contribution is 4.98. The maximum Gasteiger partial charge on any atom is 0.232 e. The van der Waals surface area contributed by atoms with Crippen LogP contribution in [-0.4, -0.2) is 41.7 Å². The number of nitrogens with one attached hydrogen (secondary N) is 1. The van der Waals surface area contributed by atoms with Crippen molar-refractivity contribution in [3.8, 4) is 0 Å². The molecule has 108 valence electrons. The Morgan fingerprint density at radius 2 is 2.21 bits per heavy atom. The topological polar surface area (TPSA) is 54.2 Å². The molecule has 1 aliphatic rings. The number of aromatic nitrogens is 2. The fraction of sp³-hybridized carbons (Fsp3) is 0.857. The van der Waals surface area contributed by atoms with Crippen LogP contribution >= 0.6 is 0 Å². The van der Waals surface area contributed by atoms with Crippen LogP contribution in [0, 0.1) is 5.92 Å². The number of nitrogens with zero attached hydrogens (tertiary/aromatic N) is 3. The molecular formula is C14H26N4O. The van der Waals surface area contributed by atoms with Crippen LogP contribution in [0.5, 0.6) is 0 Å². The third-order valence-electron chi connectivity index (χ3n) is 3.57. The van der Waals surface area contributed by atoms with E-state index in [2.05, 4.69) is 41.1 Å². The van der Waals surface area contributed by atoms with Crippen molar-refractivity contribution in [1.82, 2.24) is 20.4 Å². The maximum absolute atomic E-state index is 5.34. The molecule has 5 nitrogen and oxygen atoms in total. The Kier molecular flexibility index (Phi) is 4.58. The van der Waals surface area contributed by atoms with Crippen LogP contribution in [0.4, 0.5) is 0 Å². The Morgan fingerprint density at radius 1 is 1.42 bits per heavy atom. The summed E-state index contributed by atoms with van der Waals surface area (Å²) in [6.07, 6.45) is 2.58. The first kappa shape index (κ1) is 14.5. The molecule has 0 spiro atoms. The lowest BCUT2D eigenvalue weighted by Crippen LogP contribution is -2.38. The lowest BCUT2D eigenvalue weighted by atomic mass is 9.97. The van der Waals surface area contributed by atoms with E-state index in [1.165, 1.54) is 12.8 Å². The standard InChI is InChI=1S/C14H26N4O/c1-14(2,3)13-16-12(17-19-13)10-18-7-5-6-11(9-18)8-15-4/h11,15H,5-10H2,1-4H3. The van der Waals surface area contributed by atoms with Crippen molar-refractivity contribution < 1.29 is 4.52 Å². The highest BCUT2D eigenvalue weighted by atomic mass is 16.5. The second-order valence-corrected chi connectivity index (χ2v) is 6.57. The Balaban J connectivity index is 1.92. The van der Waals surface area contributed by atoms with Crippen molar-refractivity contribution in [3.05, 3.63) is 11.7 Å². The molecule has 0 radical (unpaired) electrons. The number of likely N-dealkylation sites (tertiary alicyclic amines) is 1. The molecular weight excluding hydrogens is 240 g/mol. The molecule has 1 unspecified atom stereocenters. The molecule has 1 aromatic rings. The average Bonchev–Trinajstić information content (AvgIpc) is 2.78. The Hall–Kier alpha value is -0.940. The third-order valence-corrected chi connectivity index (χ3v) is 3.57. The molecule has 2 heterocycles. The molecule has 1 aliphatic heterocycles. The van der Waals surface area contributed by atoms with Gasteiger partial charge in [-0.2, -0.15) is 4.98 Å². The van der Waals surface area contributed by atoms with Gasteiger partial charge in [-0.25, -0.2) is 0 Å². The molecule has 1 atom stereocenters. The molecule has 0 saturated carbocycles. The van der Waals surface area contributed by atoms with Gasteiger partial charge in [0, 0.05) is 12.0 Å². The minimum absolute atomic E-state index is 0.0676. The summed E-state index contributed by atoms with van der Waals surface area (Å²) in [7, 11) is 2.02. The van der Waals surface area contributed by atoms with Crippen LogP contribution in [0.1, 0.15) is 45.3 Å². The molecule has 1 saturated heterocycles. The van der Waals surface area contributed by atoms with Gasteiger partial charge in [0.25, 0.3) is 0 Å². The molecule has 2 rings (SSSR count). The van der Waals surface area contributed by atoms with Gasteiger partial charge in [-0.3, -0.25) is 4.90 Å². The van der Waals surface area contributed by atoms with Crippen LogP contribution in [-0.2, 0) is 12.0 Å². The van der Waals surface area contributed by atoms with Crippen molar-refractivity contribution in [3.63, 3.8) is 0 Å². The van der Waals surface area contributed by atoms with Gasteiger partial charge in [-0.1, -0.05) is 25.9 Å². The maximum atomic E-state index is 5.34. The Morgan fingerprint density at radius 3 is 2.84 bits per heavy atom. The van der Waals surface area contributed by atoms with E-state index < -0.39 is 0 Å². The van der Waals surface area contributed by atoms with Crippen molar-refractivity contribution in [1.29, 1.82) is 0 Å². The van der Waals surface area contributed by atoms with Crippen LogP contribution in [0.2, 0.25) is 0 Å². The smallest absolute Gasteiger partial charge is 0.232 e. The van der Waals surface area contributed by atoms with E-state index in [0.29, 0.717) is 0 Å². The zero-order valence-electron chi connectivity index (χ0n) is 12.6. The third kappa shape index (κ3) is 4.01. The van der Waals surface area contributed by atoms with E-state index in [1.54, 1.807) is 0 Å². The lowest BCUT2D eigenvalue weighted by molar-refractivity contribution is 0.162. The van der Waals surface area contributed by atoms with Gasteiger partial charge >= 0.3 is 0 Å². The SMILES string of the molecule is CNCC1CCCN(Cc2noc(C(C)(C)C)n2)C1. The normalized spacial score (nSPS) is 21.8. The minimum Gasteiger partial charge on any atom is -0.339 e. The van der Waals surface area contributed by atoms with Gasteiger partial charge in [0.15, 0.2) is 5.82 Å². The highest BCUT2D eigenvalue weighted by Crippen LogP contribution is 2.21. The Labute approximate surface area is 115 Å². The van der Waals surface area contributed by atoms with Gasteiger partial charge in [0.2, 0.25) is 5.89 Å². The van der Waals surface area contributed by atoms with E-state index in [1.807, 2.05) is 7.05 Å². The van der Waals surface area contributed by atoms with Gasteiger partial charge in [-0.05, 0) is 38.9 Å². The largest absolute Gasteiger partial charge is 0.339 e. The van der Waals surface area contributed by atoms with Crippen molar-refractivity contribution in [2.75, 3.05) is 26.7 Å². The molecule has 0 amide bonds. The summed E-state index contributed by atoms with van der Waals surface area (Å²) in [5.74, 6) is 2.29. The first-order valence-corrected chi connectivity index (χ1v) is 7.19. The first-order chi connectivity index (χ1) is 8.99. The summed E-state index contributed by atoms with van der Waals surface area (Å²) >= 11 is 0. The van der Waals surface area contributed by atoms with Crippen LogP contribution < -0.4 is 5.32 Å². The van der Waals surface area contributed by atoms with Crippen molar-refractivity contribution in [2.24, 2.45) is 5.92 Å². The van der Waals surface area contributed by atoms with E-state index in [0.717, 1.165) is 43.8 Å². The van der Waals surface area contributed by atoms with Crippen LogP contribution in [0.15, 0.2) is 4.52 Å². The van der Waals surface area contributed by atoms with Gasteiger partial charge in [0.05, 0.1) is 6.54 Å². The minimum atomic E-state index is -0.0676. The summed E-state index contributed by atoms with van der Waals surface area (Å²) in [4.78, 5) is 6.94. The zero-order valence-corrected chi connectivity index (χ0v) is 12.6. The Bertz CT molecular complexity index is 394. The first-order valence-electron chi connectivity index (χ1n) is 7.19. The molecule has 19 heavy (non-hydrogen) atoms. The molecule has 1 aromatic heterocycles. The summed E-state index contributed by atoms with van der Waals surface area (Å²) in [6.45, 7) is 10.4. The zero-order chi connectivity index (χ0) is 13.9. The lowest BCUT2D eigenvalue weighted by Gasteiger charge is -2.31. The highest BCUT2D eigenvalue weighted by Gasteiger charge is 2.24. The monoisotopic (exact) mass is 266 g/mol. The molecule has 0 aromatic carbocycles. The molecule has 1 fully saturated rings. The molecule has 0 aliphatic carbocycles. The van der Waals surface area contributed by atoms with E-state index in [4.69, 9.17) is 4.52 Å². The molecule has 5 heteroatoms. The number of rotatable bonds is 4. The second kappa shape index (κ2) is 6.01. The number of piperidine rings is 1. The van der Waals surface area contributed by atoms with E-state index >= 15 is 0 Å². The van der Waals surface area contributed by atoms with E-state index in [-0.39, 0.29) is 5.41 Å². The fourth-order valence-electron chi connectivity index (χ4n) is 2.57. The predicted molar refractivity (Wildman–Crippen MR) is 74.9 cm³/mol. The van der Waals surface area contributed by atoms with Crippen molar-refractivity contribution >= 4 is 0 Å². The summed E-state index contributed by atoms with van der Waals surface area (Å²) < 4.78 is 5.34. The quantitative estimate of drug-likeness (QED) is 0.900. The van der Waals surface area contributed by atoms with E-state index in [9.17, 15) is 0 Å². The summed E-state index contributed by atoms with van der Waals surface area (Å²) in [5.41, 5.74) is -0.0676. The van der Waals surface area contributed by atoms with Gasteiger partial charge < -0.3 is 9.84 Å². The summed E-state index contributed by atoms with van der Waals surface area (Å²) in [5, 5.41) is 7.37. The number of hydrogen-bond donors (Lipinski definition) is 1. The average molecular weight is 266 g/mol. The van der Waals surface area contributed by atoms with Crippen LogP contribution in [0.25, 0.3) is 0 Å². The second-order valence-electron chi connectivity index (χ2n) is 6.57. The van der Waals surface area contributed by atoms with Crippen LogP contribution in [0.3, 0.4) is 0 Å². The molecule has 1 N–H and O–H groups in total. The fourth-order valence-corrected chi connectivity index (χ4v) is 2.57. The predicted octanol–water partition coefficient (Wildman–Crippen LogP) is 1.80. The van der Waals surface area contributed by atoms with Gasteiger partial charge in [-0.15, -0.1) is 0 Å². The number of hydrogen-bond acceptors (Lipinski definition) is 5.